The summed E-state index contributed by atoms with van der Waals surface area (Å²) in [5, 5.41) is 8.42. The maximum atomic E-state index is 13.2. The van der Waals surface area contributed by atoms with Gasteiger partial charge in [0, 0.05) is 17.6 Å². The van der Waals surface area contributed by atoms with Gasteiger partial charge in [-0.3, -0.25) is 0 Å². The highest BCUT2D eigenvalue weighted by atomic mass is 32.2. The first-order chi connectivity index (χ1) is 7.58. The van der Waals surface area contributed by atoms with Crippen LogP contribution in [0, 0.1) is 12.7 Å². The third-order valence-corrected chi connectivity index (χ3v) is 3.29. The molecule has 1 heterocycles. The maximum absolute atomic E-state index is 13.2. The van der Waals surface area contributed by atoms with Crippen molar-refractivity contribution in [2.75, 3.05) is 5.73 Å². The molecule has 1 aromatic heterocycles. The van der Waals surface area contributed by atoms with Crippen LogP contribution in [0.4, 0.5) is 10.1 Å². The van der Waals surface area contributed by atoms with Crippen LogP contribution in [0.15, 0.2) is 28.5 Å². The second-order valence-electron chi connectivity index (χ2n) is 3.47. The van der Waals surface area contributed by atoms with Gasteiger partial charge in [0.15, 0.2) is 5.16 Å². The predicted molar refractivity (Wildman–Crippen MR) is 60.7 cm³/mol. The fourth-order valence-corrected chi connectivity index (χ4v) is 2.11. The van der Waals surface area contributed by atoms with Crippen LogP contribution in [-0.2, 0) is 7.05 Å². The highest BCUT2D eigenvalue weighted by molar-refractivity contribution is 7.99. The normalized spacial score (nSPS) is 10.7. The quantitative estimate of drug-likeness (QED) is 0.813. The Morgan fingerprint density at radius 3 is 2.81 bits per heavy atom. The molecular weight excluding hydrogens is 227 g/mol. The first kappa shape index (κ1) is 10.9. The van der Waals surface area contributed by atoms with Gasteiger partial charge in [-0.15, -0.1) is 10.2 Å². The third-order valence-electron chi connectivity index (χ3n) is 2.16. The van der Waals surface area contributed by atoms with Crippen LogP contribution < -0.4 is 5.73 Å². The highest BCUT2D eigenvalue weighted by Crippen LogP contribution is 2.31. The van der Waals surface area contributed by atoms with Crippen molar-refractivity contribution in [1.29, 1.82) is 0 Å². The van der Waals surface area contributed by atoms with Crippen molar-refractivity contribution in [2.45, 2.75) is 17.0 Å². The number of halogens is 1. The zero-order chi connectivity index (χ0) is 11.7. The van der Waals surface area contributed by atoms with Crippen molar-refractivity contribution < 1.29 is 4.39 Å². The van der Waals surface area contributed by atoms with Gasteiger partial charge in [-0.05, 0) is 36.4 Å². The number of anilines is 1. The monoisotopic (exact) mass is 238 g/mol. The summed E-state index contributed by atoms with van der Waals surface area (Å²) in [5.41, 5.74) is 6.72. The number of hydrogen-bond acceptors (Lipinski definition) is 4. The van der Waals surface area contributed by atoms with Gasteiger partial charge >= 0.3 is 0 Å². The molecule has 0 radical (unpaired) electrons. The van der Waals surface area contributed by atoms with Gasteiger partial charge in [0.05, 0.1) is 0 Å². The van der Waals surface area contributed by atoms with E-state index in [9.17, 15) is 4.39 Å². The minimum absolute atomic E-state index is 0.292. The van der Waals surface area contributed by atoms with E-state index in [-0.39, 0.29) is 5.82 Å². The van der Waals surface area contributed by atoms with Crippen molar-refractivity contribution in [1.82, 2.24) is 14.8 Å². The average molecular weight is 238 g/mol. The van der Waals surface area contributed by atoms with Gasteiger partial charge in [-0.1, -0.05) is 0 Å². The number of nitrogen functional groups attached to an aromatic ring is 1. The van der Waals surface area contributed by atoms with Crippen molar-refractivity contribution in [3.8, 4) is 0 Å². The Morgan fingerprint density at radius 2 is 2.19 bits per heavy atom. The maximum Gasteiger partial charge on any atom is 0.195 e. The number of rotatable bonds is 2. The Bertz CT molecular complexity index is 524. The molecule has 2 aromatic rings. The highest BCUT2D eigenvalue weighted by Gasteiger charge is 2.09. The summed E-state index contributed by atoms with van der Waals surface area (Å²) in [4.78, 5) is 0.787. The smallest absolute Gasteiger partial charge is 0.195 e. The largest absolute Gasteiger partial charge is 0.398 e. The van der Waals surface area contributed by atoms with Crippen molar-refractivity contribution in [2.24, 2.45) is 7.05 Å². The van der Waals surface area contributed by atoms with E-state index in [2.05, 4.69) is 10.2 Å². The minimum Gasteiger partial charge on any atom is -0.398 e. The summed E-state index contributed by atoms with van der Waals surface area (Å²) < 4.78 is 15.0. The van der Waals surface area contributed by atoms with E-state index in [1.807, 2.05) is 7.05 Å². The molecule has 0 saturated heterocycles. The Hall–Kier alpha value is -1.56. The molecule has 0 saturated carbocycles. The third kappa shape index (κ3) is 2.01. The number of benzene rings is 1. The van der Waals surface area contributed by atoms with Crippen molar-refractivity contribution in [3.63, 3.8) is 0 Å². The molecule has 6 heteroatoms. The molecule has 0 amide bonds. The van der Waals surface area contributed by atoms with Crippen LogP contribution in [0.1, 0.15) is 5.56 Å². The van der Waals surface area contributed by atoms with Crippen LogP contribution in [0.3, 0.4) is 0 Å². The molecule has 0 aliphatic carbocycles. The molecule has 2 rings (SSSR count). The summed E-state index contributed by atoms with van der Waals surface area (Å²) in [5.74, 6) is -0.292. The molecule has 16 heavy (non-hydrogen) atoms. The Morgan fingerprint density at radius 1 is 1.44 bits per heavy atom. The first-order valence-corrected chi connectivity index (χ1v) is 5.47. The van der Waals surface area contributed by atoms with E-state index in [1.165, 1.54) is 17.8 Å². The van der Waals surface area contributed by atoms with E-state index in [0.717, 1.165) is 10.1 Å². The lowest BCUT2D eigenvalue weighted by atomic mass is 10.2. The van der Waals surface area contributed by atoms with Crippen LogP contribution in [0.25, 0.3) is 0 Å². The summed E-state index contributed by atoms with van der Waals surface area (Å²) >= 11 is 1.37. The summed E-state index contributed by atoms with van der Waals surface area (Å²) in [7, 11) is 1.84. The molecule has 0 bridgehead atoms. The lowest BCUT2D eigenvalue weighted by molar-refractivity contribution is 0.618. The molecule has 0 unspecified atom stereocenters. The number of nitrogens with two attached hydrogens (primary N) is 1. The van der Waals surface area contributed by atoms with Gasteiger partial charge in [-0.2, -0.15) is 0 Å². The van der Waals surface area contributed by atoms with Gasteiger partial charge in [0.25, 0.3) is 0 Å². The van der Waals surface area contributed by atoms with Crippen molar-refractivity contribution in [3.05, 3.63) is 29.8 Å². The lowest BCUT2D eigenvalue weighted by Gasteiger charge is -2.06. The molecule has 0 fully saturated rings. The van der Waals surface area contributed by atoms with Crippen LogP contribution in [0.5, 0.6) is 0 Å². The molecule has 1 aromatic carbocycles. The molecule has 4 nitrogen and oxygen atoms in total. The Kier molecular flexibility index (Phi) is 2.82. The minimum atomic E-state index is -0.292. The van der Waals surface area contributed by atoms with Gasteiger partial charge in [0.2, 0.25) is 0 Å². The molecular formula is C10H11FN4S. The predicted octanol–water partition coefficient (Wildman–Crippen LogP) is 2.00. The number of aromatic nitrogens is 3. The van der Waals surface area contributed by atoms with Gasteiger partial charge in [0.1, 0.15) is 12.1 Å². The van der Waals surface area contributed by atoms with E-state index in [0.29, 0.717) is 11.3 Å². The van der Waals surface area contributed by atoms with E-state index >= 15 is 0 Å². The molecule has 0 atom stereocenters. The fraction of sp³-hybridized carbons (Fsp3) is 0.200. The lowest BCUT2D eigenvalue weighted by Crippen LogP contribution is -1.95. The molecule has 0 aliphatic rings. The number of nitrogens with zero attached hydrogens (tertiary/aromatic N) is 3. The number of aryl methyl sites for hydroxylation is 2. The topological polar surface area (TPSA) is 56.7 Å². The molecule has 0 spiro atoms. The standard InChI is InChI=1S/C10H11FN4S/c1-6-3-9(8(12)4-7(6)11)16-10-14-13-5-15(10)2/h3-5H,12H2,1-2H3. The number of hydrogen-bond donors (Lipinski definition) is 1. The second kappa shape index (κ2) is 4.13. The van der Waals surface area contributed by atoms with Gasteiger partial charge < -0.3 is 10.3 Å². The average Bonchev–Trinajstić information content (AvgIpc) is 2.61. The Balaban J connectivity index is 2.35. The Labute approximate surface area is 96.7 Å². The summed E-state index contributed by atoms with van der Waals surface area (Å²) in [6.45, 7) is 1.70. The molecule has 84 valence electrons. The van der Waals surface area contributed by atoms with Gasteiger partial charge in [-0.25, -0.2) is 4.39 Å². The van der Waals surface area contributed by atoms with Crippen molar-refractivity contribution >= 4 is 17.4 Å². The summed E-state index contributed by atoms with van der Waals surface area (Å²) in [6, 6.07) is 3.04. The summed E-state index contributed by atoms with van der Waals surface area (Å²) in [6.07, 6.45) is 1.61. The zero-order valence-corrected chi connectivity index (χ0v) is 9.75. The SMILES string of the molecule is Cc1cc(Sc2nncn2C)c(N)cc1F. The van der Waals surface area contributed by atoms with E-state index in [4.69, 9.17) is 5.73 Å². The van der Waals surface area contributed by atoms with Crippen LogP contribution in [0.2, 0.25) is 0 Å². The zero-order valence-electron chi connectivity index (χ0n) is 8.94. The molecule has 2 N–H and O–H groups in total. The molecule has 0 aliphatic heterocycles. The van der Waals surface area contributed by atoms with E-state index in [1.54, 1.807) is 23.9 Å². The van der Waals surface area contributed by atoms with E-state index < -0.39 is 0 Å². The first-order valence-electron chi connectivity index (χ1n) is 4.65. The van der Waals surface area contributed by atoms with Crippen LogP contribution in [-0.4, -0.2) is 14.8 Å². The fourth-order valence-electron chi connectivity index (χ4n) is 1.22. The van der Waals surface area contributed by atoms with Crippen LogP contribution >= 0.6 is 11.8 Å². The second-order valence-corrected chi connectivity index (χ2v) is 4.47.